The molecule has 32 heavy (non-hydrogen) atoms. The van der Waals surface area contributed by atoms with Gasteiger partial charge in [0.15, 0.2) is 0 Å². The Kier molecular flexibility index (Phi) is 8.26. The Morgan fingerprint density at radius 3 is 1.31 bits per heavy atom. The highest BCUT2D eigenvalue weighted by atomic mass is 19.3. The van der Waals surface area contributed by atoms with Gasteiger partial charge in [-0.25, -0.2) is 0 Å². The van der Waals surface area contributed by atoms with Crippen LogP contribution < -0.4 is 20.9 Å². The van der Waals surface area contributed by atoms with Crippen LogP contribution >= 0.6 is 0 Å². The monoisotopic (exact) mass is 456 g/mol. The summed E-state index contributed by atoms with van der Waals surface area (Å²) in [5.41, 5.74) is 11.4. The maximum atomic E-state index is 15.4. The van der Waals surface area contributed by atoms with Crippen molar-refractivity contribution in [3.05, 3.63) is 46.5 Å². The first-order chi connectivity index (χ1) is 15.0. The van der Waals surface area contributed by atoms with Crippen molar-refractivity contribution >= 4 is 11.4 Å². The molecule has 2 rings (SSSR count). The zero-order chi connectivity index (χ0) is 24.1. The minimum atomic E-state index is -4.53. The number of unbranched alkanes of at least 4 members (excludes halogenated alkanes) is 2. The number of rotatable bonds is 11. The van der Waals surface area contributed by atoms with Crippen LogP contribution in [0, 0.1) is 0 Å². The molecule has 0 saturated carbocycles. The van der Waals surface area contributed by atoms with E-state index in [1.165, 1.54) is 14.2 Å². The van der Waals surface area contributed by atoms with Crippen molar-refractivity contribution in [2.24, 2.45) is 0 Å². The fourth-order valence-corrected chi connectivity index (χ4v) is 3.58. The van der Waals surface area contributed by atoms with E-state index in [-0.39, 0.29) is 22.9 Å². The topological polar surface area (TPSA) is 70.5 Å². The molecule has 0 unspecified atom stereocenters. The third-order valence-corrected chi connectivity index (χ3v) is 5.61. The quantitative estimate of drug-likeness (QED) is 0.302. The molecule has 178 valence electrons. The number of ether oxygens (including phenoxy) is 2. The number of anilines is 2. The van der Waals surface area contributed by atoms with Crippen LogP contribution in [0.3, 0.4) is 0 Å². The lowest BCUT2D eigenvalue weighted by Crippen LogP contribution is -2.36. The van der Waals surface area contributed by atoms with Gasteiger partial charge in [0.1, 0.15) is 11.5 Å². The molecular formula is C24H32F4N2O2. The van der Waals surface area contributed by atoms with Crippen molar-refractivity contribution in [3.8, 4) is 11.5 Å². The first-order valence-corrected chi connectivity index (χ1v) is 10.7. The van der Waals surface area contributed by atoms with Crippen molar-refractivity contribution in [2.75, 3.05) is 25.7 Å². The summed E-state index contributed by atoms with van der Waals surface area (Å²) in [5.74, 6) is -9.17. The van der Waals surface area contributed by atoms with Crippen LogP contribution in [-0.2, 0) is 24.7 Å². The number of nitrogen functional groups attached to an aromatic ring is 2. The lowest BCUT2D eigenvalue weighted by molar-refractivity contribution is -0.224. The highest BCUT2D eigenvalue weighted by molar-refractivity contribution is 5.63. The molecule has 0 aliphatic rings. The Hall–Kier alpha value is -2.64. The Bertz CT molecular complexity index is 857. The van der Waals surface area contributed by atoms with E-state index < -0.39 is 23.0 Å². The van der Waals surface area contributed by atoms with Gasteiger partial charge in [0, 0.05) is 11.1 Å². The van der Waals surface area contributed by atoms with Gasteiger partial charge in [-0.1, -0.05) is 26.7 Å². The summed E-state index contributed by atoms with van der Waals surface area (Å²) in [4.78, 5) is 0. The second kappa shape index (κ2) is 10.3. The molecule has 8 heteroatoms. The Balaban J connectivity index is 2.62. The number of benzene rings is 2. The normalized spacial score (nSPS) is 12.1. The Morgan fingerprint density at radius 2 is 1.03 bits per heavy atom. The molecular weight excluding hydrogens is 424 g/mol. The zero-order valence-corrected chi connectivity index (χ0v) is 19.0. The summed E-state index contributed by atoms with van der Waals surface area (Å²) in [6.07, 6.45) is 3.70. The molecule has 0 atom stereocenters. The van der Waals surface area contributed by atoms with E-state index >= 15 is 17.6 Å². The van der Waals surface area contributed by atoms with Gasteiger partial charge in [-0.2, -0.15) is 17.6 Å². The first-order valence-electron chi connectivity index (χ1n) is 10.7. The van der Waals surface area contributed by atoms with Crippen LogP contribution in [0.25, 0.3) is 0 Å². The molecule has 0 saturated heterocycles. The third kappa shape index (κ3) is 4.89. The lowest BCUT2D eigenvalue weighted by Gasteiger charge is -2.29. The second-order valence-electron chi connectivity index (χ2n) is 7.86. The summed E-state index contributed by atoms with van der Waals surface area (Å²) < 4.78 is 71.7. The number of halogens is 4. The minimum absolute atomic E-state index is 0.0531. The largest absolute Gasteiger partial charge is 0.495 e. The van der Waals surface area contributed by atoms with E-state index in [4.69, 9.17) is 20.9 Å². The number of hydrogen-bond donors (Lipinski definition) is 2. The van der Waals surface area contributed by atoms with Crippen LogP contribution in [0.5, 0.6) is 11.5 Å². The molecule has 0 fully saturated rings. The van der Waals surface area contributed by atoms with Crippen LogP contribution in [0.2, 0.25) is 0 Å². The van der Waals surface area contributed by atoms with Gasteiger partial charge in [-0.15, -0.1) is 0 Å². The molecule has 0 spiro atoms. The molecule has 0 radical (unpaired) electrons. The van der Waals surface area contributed by atoms with E-state index in [1.54, 1.807) is 0 Å². The molecule has 4 N–H and O–H groups in total. The van der Waals surface area contributed by atoms with E-state index in [2.05, 4.69) is 0 Å². The van der Waals surface area contributed by atoms with Crippen molar-refractivity contribution in [3.63, 3.8) is 0 Å². The van der Waals surface area contributed by atoms with Gasteiger partial charge >= 0.3 is 11.8 Å². The van der Waals surface area contributed by atoms with Gasteiger partial charge < -0.3 is 20.9 Å². The predicted molar refractivity (Wildman–Crippen MR) is 120 cm³/mol. The standard InChI is InChI=1S/C24H32F4N2O2/c1-5-7-9-15-11-17(13-19(31-3)21(15)29)23(25,26)24(27,28)18-12-16(10-8-6-2)22(30)20(14-18)32-4/h11-14H,5-10,29-30H2,1-4H3. The first kappa shape index (κ1) is 25.6. The summed E-state index contributed by atoms with van der Waals surface area (Å²) in [5, 5.41) is 0. The summed E-state index contributed by atoms with van der Waals surface area (Å²) in [7, 11) is 2.53. The smallest absolute Gasteiger partial charge is 0.339 e. The summed E-state index contributed by atoms with van der Waals surface area (Å²) in [6, 6.07) is 3.86. The fourth-order valence-electron chi connectivity index (χ4n) is 3.58. The number of aryl methyl sites for hydroxylation is 2. The summed E-state index contributed by atoms with van der Waals surface area (Å²) in [6.45, 7) is 3.87. The third-order valence-electron chi connectivity index (χ3n) is 5.61. The molecule has 0 amide bonds. The predicted octanol–water partition coefficient (Wildman–Crippen LogP) is 6.44. The van der Waals surface area contributed by atoms with E-state index in [9.17, 15) is 0 Å². The number of hydrogen-bond acceptors (Lipinski definition) is 4. The molecule has 0 heterocycles. The fraction of sp³-hybridized carbons (Fsp3) is 0.500. The van der Waals surface area contributed by atoms with E-state index in [0.29, 0.717) is 36.8 Å². The van der Waals surface area contributed by atoms with Crippen molar-refractivity contribution in [1.29, 1.82) is 0 Å². The molecule has 4 nitrogen and oxygen atoms in total. The number of alkyl halides is 4. The van der Waals surface area contributed by atoms with E-state index in [0.717, 1.165) is 37.1 Å². The zero-order valence-electron chi connectivity index (χ0n) is 19.0. The van der Waals surface area contributed by atoms with Crippen LogP contribution in [0.15, 0.2) is 24.3 Å². The van der Waals surface area contributed by atoms with Gasteiger partial charge in [0.2, 0.25) is 0 Å². The van der Waals surface area contributed by atoms with Crippen molar-refractivity contribution in [1.82, 2.24) is 0 Å². The minimum Gasteiger partial charge on any atom is -0.495 e. The second-order valence-corrected chi connectivity index (χ2v) is 7.86. The molecule has 2 aromatic carbocycles. The van der Waals surface area contributed by atoms with Crippen molar-refractivity contribution in [2.45, 2.75) is 64.2 Å². The Morgan fingerprint density at radius 1 is 0.688 bits per heavy atom. The summed E-state index contributed by atoms with van der Waals surface area (Å²) >= 11 is 0. The van der Waals surface area contributed by atoms with Gasteiger partial charge in [-0.3, -0.25) is 0 Å². The maximum Gasteiger partial charge on any atom is 0.339 e. The van der Waals surface area contributed by atoms with Crippen LogP contribution in [0.4, 0.5) is 28.9 Å². The average Bonchev–Trinajstić information content (AvgIpc) is 2.77. The van der Waals surface area contributed by atoms with Crippen LogP contribution in [-0.4, -0.2) is 14.2 Å². The molecule has 0 bridgehead atoms. The average molecular weight is 457 g/mol. The van der Waals surface area contributed by atoms with Crippen molar-refractivity contribution < 1.29 is 27.0 Å². The Labute approximate surface area is 186 Å². The van der Waals surface area contributed by atoms with E-state index in [1.807, 2.05) is 13.8 Å². The molecule has 2 aromatic rings. The SMILES string of the molecule is CCCCc1cc(C(F)(F)C(F)(F)c2cc(CCCC)c(N)c(OC)c2)cc(OC)c1N. The highest BCUT2D eigenvalue weighted by Crippen LogP contribution is 2.52. The van der Waals surface area contributed by atoms with Gasteiger partial charge in [-0.05, 0) is 61.1 Å². The molecule has 0 aromatic heterocycles. The highest BCUT2D eigenvalue weighted by Gasteiger charge is 2.59. The number of methoxy groups -OCH3 is 2. The maximum absolute atomic E-state index is 15.4. The lowest BCUT2D eigenvalue weighted by atomic mass is 9.91. The van der Waals surface area contributed by atoms with Gasteiger partial charge in [0.25, 0.3) is 0 Å². The van der Waals surface area contributed by atoms with Crippen LogP contribution in [0.1, 0.15) is 61.8 Å². The molecule has 0 aliphatic heterocycles. The molecule has 0 aliphatic carbocycles. The number of nitrogens with two attached hydrogens (primary N) is 2. The van der Waals surface area contributed by atoms with Gasteiger partial charge in [0.05, 0.1) is 25.6 Å².